The highest BCUT2D eigenvalue weighted by Gasteiger charge is 2.39. The van der Waals surface area contributed by atoms with Crippen molar-refractivity contribution < 1.29 is 48.4 Å². The molecule has 2 fully saturated rings. The molecule has 0 amide bonds. The Labute approximate surface area is 367 Å². The van der Waals surface area contributed by atoms with Crippen LogP contribution in [0.1, 0.15) is 126 Å². The number of aromatic nitrogens is 4. The molecule has 2 aliphatic carbocycles. The van der Waals surface area contributed by atoms with Crippen LogP contribution in [-0.4, -0.2) is 85.3 Å². The monoisotopic (exact) mass is 906 g/mol. The maximum absolute atomic E-state index is 12.5. The number of methoxy groups -OCH3 is 1. The Morgan fingerprint density at radius 2 is 1.28 bits per heavy atom. The van der Waals surface area contributed by atoms with Crippen molar-refractivity contribution in [1.82, 2.24) is 19.6 Å². The van der Waals surface area contributed by atoms with E-state index in [0.29, 0.717) is 21.9 Å². The number of hydrogen-bond acceptors (Lipinski definition) is 11. The largest absolute Gasteiger partial charge is 0.493 e. The summed E-state index contributed by atoms with van der Waals surface area (Å²) < 4.78 is 32.5. The first-order valence-corrected chi connectivity index (χ1v) is 21.9. The van der Waals surface area contributed by atoms with E-state index in [4.69, 9.17) is 38.8 Å². The van der Waals surface area contributed by atoms with Crippen LogP contribution < -0.4 is 9.47 Å². The molecular formula is C45H60BBrN4O10. The number of carbonyl (C=O) groups excluding carboxylic acids is 1. The van der Waals surface area contributed by atoms with Crippen LogP contribution in [0.2, 0.25) is 5.82 Å². The Morgan fingerprint density at radius 3 is 1.72 bits per heavy atom. The number of aliphatic carboxylic acids is 1. The van der Waals surface area contributed by atoms with Gasteiger partial charge in [0.05, 0.1) is 48.6 Å². The quantitative estimate of drug-likeness (QED) is 0.103. The standard InChI is InChI=1S/C22H28N2O4.C20H25BrN2O4.C3H7BO2/c1-22(2,3)28-20(21(25)26)19-17(18(13-7-8-13)23-24(19)4)15-9-10-16-14(12-15)6-5-11-27-16;1-20(2,3)27-17(19(24)25-5)16-15(18(21)22-23(16)4)13-8-9-14-12(11-13)7-6-10-26-14;5-4(6)3-1-2-3/h9-10,12-13,20H,5-8,11H2,1-4H3,(H,25,26);8-9,11,17H,6-7,10H2,1-5H3;3,5-6H,1-2H2. The predicted molar refractivity (Wildman–Crippen MR) is 235 cm³/mol. The Bertz CT molecular complexity index is 2200. The topological polar surface area (TPSA) is 177 Å². The number of benzene rings is 2. The molecule has 3 N–H and O–H groups in total. The van der Waals surface area contributed by atoms with E-state index in [0.717, 1.165) is 110 Å². The minimum atomic E-state index is -1.08. The molecule has 2 aliphatic heterocycles. The van der Waals surface area contributed by atoms with Gasteiger partial charge in [-0.3, -0.25) is 9.36 Å². The third kappa shape index (κ3) is 11.6. The van der Waals surface area contributed by atoms with Gasteiger partial charge in [-0.2, -0.15) is 10.2 Å². The molecule has 2 aromatic heterocycles. The molecule has 61 heavy (non-hydrogen) atoms. The summed E-state index contributed by atoms with van der Waals surface area (Å²) in [6.45, 7) is 12.8. The fourth-order valence-electron chi connectivity index (χ4n) is 7.55. The molecule has 2 unspecified atom stereocenters. The van der Waals surface area contributed by atoms with E-state index in [9.17, 15) is 14.7 Å². The van der Waals surface area contributed by atoms with Gasteiger partial charge in [-0.15, -0.1) is 0 Å². The van der Waals surface area contributed by atoms with Crippen LogP contribution in [0.15, 0.2) is 41.0 Å². The highest BCUT2D eigenvalue weighted by atomic mass is 79.9. The van der Waals surface area contributed by atoms with Crippen LogP contribution in [-0.2, 0) is 50.7 Å². The van der Waals surface area contributed by atoms with Crippen LogP contribution in [0, 0.1) is 0 Å². The van der Waals surface area contributed by atoms with Crippen molar-refractivity contribution in [1.29, 1.82) is 0 Å². The first-order chi connectivity index (χ1) is 28.8. The second-order valence-corrected chi connectivity index (χ2v) is 18.9. The van der Waals surface area contributed by atoms with Gasteiger partial charge < -0.3 is 38.8 Å². The summed E-state index contributed by atoms with van der Waals surface area (Å²) in [6, 6.07) is 12.2. The smallest absolute Gasteiger partial charge is 0.454 e. The zero-order valence-corrected chi connectivity index (χ0v) is 38.4. The Kier molecular flexibility index (Phi) is 14.4. The minimum absolute atomic E-state index is 0.213. The number of carbonyl (C=O) groups is 2. The van der Waals surface area contributed by atoms with E-state index >= 15 is 0 Å². The van der Waals surface area contributed by atoms with Gasteiger partial charge in [-0.1, -0.05) is 25.0 Å². The Hall–Kier alpha value is -4.22. The van der Waals surface area contributed by atoms with Crippen molar-refractivity contribution in [2.45, 2.75) is 128 Å². The second-order valence-electron chi connectivity index (χ2n) is 18.1. The Morgan fingerprint density at radius 1 is 0.787 bits per heavy atom. The molecule has 14 nitrogen and oxygen atoms in total. The van der Waals surface area contributed by atoms with E-state index in [-0.39, 0.29) is 5.82 Å². The number of aryl methyl sites for hydroxylation is 4. The van der Waals surface area contributed by atoms with Gasteiger partial charge in [0.2, 0.25) is 0 Å². The maximum atomic E-state index is 12.5. The number of rotatable bonds is 10. The Balaban J connectivity index is 0.000000179. The van der Waals surface area contributed by atoms with E-state index in [1.54, 1.807) is 16.4 Å². The van der Waals surface area contributed by atoms with Gasteiger partial charge in [-0.25, -0.2) is 9.59 Å². The molecule has 0 saturated heterocycles. The number of halogens is 1. The number of carboxylic acids is 1. The molecule has 0 radical (unpaired) electrons. The SMILES string of the molecule is COC(=O)C(OC(C)(C)C)c1c(-c2ccc3c(c2)CCCO3)c(Br)nn1C.Cn1nc(C2CC2)c(-c2ccc3c(c2)CCCO3)c1C(OC(C)(C)C)C(=O)O.OB(O)C1CC1. The summed E-state index contributed by atoms with van der Waals surface area (Å²) in [6.07, 6.45) is 6.15. The number of ether oxygens (including phenoxy) is 5. The van der Waals surface area contributed by atoms with Crippen molar-refractivity contribution in [3.63, 3.8) is 0 Å². The molecule has 4 aliphatic rings. The summed E-state index contributed by atoms with van der Waals surface area (Å²) >= 11 is 3.55. The van der Waals surface area contributed by atoms with E-state index in [1.165, 1.54) is 12.7 Å². The predicted octanol–water partition coefficient (Wildman–Crippen LogP) is 8.06. The second kappa shape index (κ2) is 19.0. The minimum Gasteiger partial charge on any atom is -0.493 e. The highest BCUT2D eigenvalue weighted by Crippen LogP contribution is 2.48. The molecule has 2 atom stereocenters. The van der Waals surface area contributed by atoms with E-state index in [1.807, 2.05) is 72.9 Å². The zero-order chi connectivity index (χ0) is 44.4. The number of hydrogen-bond donors (Lipinski definition) is 3. The van der Waals surface area contributed by atoms with Crippen molar-refractivity contribution in [3.05, 3.63) is 69.2 Å². The lowest BCUT2D eigenvalue weighted by atomic mass is 9.84. The maximum Gasteiger partial charge on any atom is 0.454 e. The van der Waals surface area contributed by atoms with Crippen molar-refractivity contribution >= 4 is 35.0 Å². The first kappa shape index (κ1) is 46.3. The average molecular weight is 908 g/mol. The average Bonchev–Trinajstić information content (AvgIpc) is 4.14. The van der Waals surface area contributed by atoms with Crippen molar-refractivity contribution in [2.75, 3.05) is 20.3 Å². The summed E-state index contributed by atoms with van der Waals surface area (Å²) in [5.74, 6) is 0.998. The van der Waals surface area contributed by atoms with Crippen LogP contribution >= 0.6 is 15.9 Å². The van der Waals surface area contributed by atoms with Crippen LogP contribution in [0.3, 0.4) is 0 Å². The zero-order valence-electron chi connectivity index (χ0n) is 36.8. The fraction of sp³-hybridized carbons (Fsp3) is 0.556. The molecule has 4 aromatic rings. The molecule has 2 aromatic carbocycles. The number of fused-ring (bicyclic) bond motifs is 2. The number of carboxylic acid groups (broad SMARTS) is 1. The molecule has 0 spiro atoms. The van der Waals surface area contributed by atoms with Crippen molar-refractivity contribution in [2.24, 2.45) is 14.1 Å². The summed E-state index contributed by atoms with van der Waals surface area (Å²) in [4.78, 5) is 24.7. The van der Waals surface area contributed by atoms with Gasteiger partial charge in [0.15, 0.2) is 12.2 Å². The third-order valence-corrected chi connectivity index (χ3v) is 11.2. The van der Waals surface area contributed by atoms with Gasteiger partial charge in [0.25, 0.3) is 0 Å². The molecular weight excluding hydrogens is 847 g/mol. The first-order valence-electron chi connectivity index (χ1n) is 21.1. The van der Waals surface area contributed by atoms with Gasteiger partial charge in [0, 0.05) is 31.1 Å². The third-order valence-electron chi connectivity index (χ3n) is 10.6. The van der Waals surface area contributed by atoms with Crippen molar-refractivity contribution in [3.8, 4) is 33.8 Å². The van der Waals surface area contributed by atoms with Gasteiger partial charge in [0.1, 0.15) is 16.1 Å². The van der Waals surface area contributed by atoms with Crippen LogP contribution in [0.5, 0.6) is 11.5 Å². The molecule has 8 rings (SSSR count). The lowest BCUT2D eigenvalue weighted by Gasteiger charge is -2.27. The van der Waals surface area contributed by atoms with E-state index in [2.05, 4.69) is 33.2 Å². The summed E-state index contributed by atoms with van der Waals surface area (Å²) in [5.41, 5.74) is 7.15. The van der Waals surface area contributed by atoms with Gasteiger partial charge >= 0.3 is 19.1 Å². The normalized spacial score (nSPS) is 16.9. The lowest BCUT2D eigenvalue weighted by molar-refractivity contribution is -0.165. The van der Waals surface area contributed by atoms with Gasteiger partial charge in [-0.05, 0) is 148 Å². The molecule has 330 valence electrons. The highest BCUT2D eigenvalue weighted by molar-refractivity contribution is 9.10. The fourth-order valence-corrected chi connectivity index (χ4v) is 8.22. The number of nitrogens with zero attached hydrogens (tertiary/aromatic N) is 4. The summed E-state index contributed by atoms with van der Waals surface area (Å²) in [7, 11) is 3.94. The molecule has 0 bridgehead atoms. The van der Waals surface area contributed by atoms with Crippen LogP contribution in [0.25, 0.3) is 22.3 Å². The van der Waals surface area contributed by atoms with E-state index < -0.39 is 42.5 Å². The molecule has 4 heterocycles. The molecule has 2 saturated carbocycles. The van der Waals surface area contributed by atoms with Crippen LogP contribution in [0.4, 0.5) is 0 Å². The number of esters is 1. The summed E-state index contributed by atoms with van der Waals surface area (Å²) in [5, 5.41) is 35.7. The molecule has 16 heteroatoms. The lowest BCUT2D eigenvalue weighted by Crippen LogP contribution is -2.29.